The first kappa shape index (κ1) is 12.5. The molecule has 1 saturated heterocycles. The lowest BCUT2D eigenvalue weighted by atomic mass is 10.2. The monoisotopic (exact) mass is 255 g/mol. The Morgan fingerprint density at radius 2 is 2.29 bits per heavy atom. The molecule has 1 aromatic heterocycles. The van der Waals surface area contributed by atoms with E-state index in [1.165, 1.54) is 0 Å². The topological polar surface area (TPSA) is 76.3 Å². The van der Waals surface area contributed by atoms with Gasteiger partial charge in [-0.3, -0.25) is 9.88 Å². The van der Waals surface area contributed by atoms with E-state index >= 15 is 0 Å². The van der Waals surface area contributed by atoms with Gasteiger partial charge in [-0.15, -0.1) is 0 Å². The van der Waals surface area contributed by atoms with Crippen molar-refractivity contribution in [1.82, 2.24) is 9.88 Å². The maximum absolute atomic E-state index is 11.5. The van der Waals surface area contributed by atoms with Crippen LogP contribution in [-0.2, 0) is 16.4 Å². The molecule has 2 N–H and O–H groups in total. The molecule has 0 radical (unpaired) electrons. The maximum Gasteiger partial charge on any atom is 0.153 e. The van der Waals surface area contributed by atoms with Crippen molar-refractivity contribution >= 4 is 9.84 Å². The number of nitrogens with zero attached hydrogens (tertiary/aromatic N) is 2. The molecule has 1 unspecified atom stereocenters. The van der Waals surface area contributed by atoms with Gasteiger partial charge in [0.2, 0.25) is 0 Å². The smallest absolute Gasteiger partial charge is 0.153 e. The Hall–Kier alpha value is -0.980. The molecule has 1 aliphatic heterocycles. The van der Waals surface area contributed by atoms with Gasteiger partial charge < -0.3 is 5.73 Å². The molecule has 1 fully saturated rings. The molecule has 94 valence electrons. The van der Waals surface area contributed by atoms with E-state index in [-0.39, 0.29) is 17.5 Å². The molecular weight excluding hydrogens is 238 g/mol. The Balaban J connectivity index is 2.06. The Morgan fingerprint density at radius 3 is 2.94 bits per heavy atom. The second-order valence-electron chi connectivity index (χ2n) is 4.30. The van der Waals surface area contributed by atoms with E-state index in [1.54, 1.807) is 6.20 Å². The number of nitrogens with two attached hydrogens (primary N) is 1. The average molecular weight is 255 g/mol. The van der Waals surface area contributed by atoms with Gasteiger partial charge in [0, 0.05) is 31.9 Å². The summed E-state index contributed by atoms with van der Waals surface area (Å²) in [6.45, 7) is 1.57. The first-order chi connectivity index (χ1) is 8.11. The summed E-state index contributed by atoms with van der Waals surface area (Å²) in [7, 11) is -2.91. The number of hydrogen-bond acceptors (Lipinski definition) is 5. The minimum atomic E-state index is -2.91. The summed E-state index contributed by atoms with van der Waals surface area (Å²) >= 11 is 0. The van der Waals surface area contributed by atoms with Crippen LogP contribution in [0.1, 0.15) is 5.69 Å². The molecule has 0 aliphatic carbocycles. The van der Waals surface area contributed by atoms with Crippen LogP contribution < -0.4 is 5.73 Å². The first-order valence-electron chi connectivity index (χ1n) is 5.65. The van der Waals surface area contributed by atoms with Gasteiger partial charge >= 0.3 is 0 Å². The van der Waals surface area contributed by atoms with Gasteiger partial charge in [-0.1, -0.05) is 6.07 Å². The number of hydrogen-bond donors (Lipinski definition) is 1. The van der Waals surface area contributed by atoms with E-state index in [0.29, 0.717) is 19.6 Å². The quantitative estimate of drug-likeness (QED) is 0.798. The molecule has 17 heavy (non-hydrogen) atoms. The third kappa shape index (κ3) is 3.24. The summed E-state index contributed by atoms with van der Waals surface area (Å²) in [5, 5.41) is 0. The molecule has 1 aromatic rings. The minimum Gasteiger partial charge on any atom is -0.329 e. The van der Waals surface area contributed by atoms with E-state index in [1.807, 2.05) is 18.2 Å². The van der Waals surface area contributed by atoms with Crippen LogP contribution in [0.5, 0.6) is 0 Å². The van der Waals surface area contributed by atoms with Crippen molar-refractivity contribution in [2.45, 2.75) is 12.6 Å². The van der Waals surface area contributed by atoms with Crippen LogP contribution in [-0.4, -0.2) is 48.9 Å². The van der Waals surface area contributed by atoms with Crippen LogP contribution in [0.4, 0.5) is 0 Å². The molecule has 2 rings (SSSR count). The van der Waals surface area contributed by atoms with Crippen LogP contribution >= 0.6 is 0 Å². The highest BCUT2D eigenvalue weighted by atomic mass is 32.2. The Morgan fingerprint density at radius 1 is 1.47 bits per heavy atom. The van der Waals surface area contributed by atoms with Crippen molar-refractivity contribution in [3.8, 4) is 0 Å². The summed E-state index contributed by atoms with van der Waals surface area (Å²) in [4.78, 5) is 6.35. The van der Waals surface area contributed by atoms with E-state index in [4.69, 9.17) is 5.73 Å². The van der Waals surface area contributed by atoms with Crippen LogP contribution in [0.25, 0.3) is 0 Å². The standard InChI is InChI=1S/C11H17N3O2S/c12-7-11-9-17(15,16)6-5-14(11)8-10-3-1-2-4-13-10/h1-4,11H,5-9,12H2. The molecular formula is C11H17N3O2S. The Kier molecular flexibility index (Phi) is 3.76. The molecule has 0 spiro atoms. The zero-order valence-electron chi connectivity index (χ0n) is 9.62. The first-order valence-corrected chi connectivity index (χ1v) is 7.47. The Labute approximate surface area is 102 Å². The third-order valence-corrected chi connectivity index (χ3v) is 4.71. The van der Waals surface area contributed by atoms with Gasteiger partial charge in [-0.25, -0.2) is 8.42 Å². The summed E-state index contributed by atoms with van der Waals surface area (Å²) < 4.78 is 23.0. The van der Waals surface area contributed by atoms with Gasteiger partial charge in [0.25, 0.3) is 0 Å². The molecule has 0 saturated carbocycles. The largest absolute Gasteiger partial charge is 0.329 e. The van der Waals surface area contributed by atoms with Gasteiger partial charge in [0.1, 0.15) is 0 Å². The highest BCUT2D eigenvalue weighted by Crippen LogP contribution is 2.13. The molecule has 1 aliphatic rings. The summed E-state index contributed by atoms with van der Waals surface area (Å²) in [6, 6.07) is 5.65. The van der Waals surface area contributed by atoms with E-state index in [9.17, 15) is 8.42 Å². The van der Waals surface area contributed by atoms with Gasteiger partial charge in [-0.05, 0) is 12.1 Å². The second-order valence-corrected chi connectivity index (χ2v) is 6.52. The van der Waals surface area contributed by atoms with Crippen LogP contribution in [0.3, 0.4) is 0 Å². The van der Waals surface area contributed by atoms with Crippen LogP contribution in [0.15, 0.2) is 24.4 Å². The van der Waals surface area contributed by atoms with Crippen molar-refractivity contribution in [2.75, 3.05) is 24.6 Å². The van der Waals surface area contributed by atoms with Crippen LogP contribution in [0, 0.1) is 0 Å². The summed E-state index contributed by atoms with van der Waals surface area (Å²) in [5.74, 6) is 0.382. The van der Waals surface area contributed by atoms with E-state index < -0.39 is 9.84 Å². The highest BCUT2D eigenvalue weighted by molar-refractivity contribution is 7.91. The molecule has 1 atom stereocenters. The number of aromatic nitrogens is 1. The summed E-state index contributed by atoms with van der Waals surface area (Å²) in [6.07, 6.45) is 1.74. The summed E-state index contributed by atoms with van der Waals surface area (Å²) in [5.41, 5.74) is 6.59. The van der Waals surface area contributed by atoms with Crippen LogP contribution in [0.2, 0.25) is 0 Å². The van der Waals surface area contributed by atoms with Crippen molar-refractivity contribution in [1.29, 1.82) is 0 Å². The number of rotatable bonds is 3. The predicted molar refractivity (Wildman–Crippen MR) is 66.1 cm³/mol. The Bertz CT molecular complexity index is 461. The molecule has 6 heteroatoms. The zero-order valence-corrected chi connectivity index (χ0v) is 10.4. The molecule has 0 amide bonds. The SMILES string of the molecule is NCC1CS(=O)(=O)CCN1Cc1ccccn1. The van der Waals surface area contributed by atoms with Gasteiger partial charge in [0.15, 0.2) is 9.84 Å². The fraction of sp³-hybridized carbons (Fsp3) is 0.545. The highest BCUT2D eigenvalue weighted by Gasteiger charge is 2.30. The fourth-order valence-corrected chi connectivity index (χ4v) is 3.66. The maximum atomic E-state index is 11.5. The van der Waals surface area contributed by atoms with E-state index in [0.717, 1.165) is 5.69 Å². The lowest BCUT2D eigenvalue weighted by Gasteiger charge is -2.34. The lowest BCUT2D eigenvalue weighted by molar-refractivity contribution is 0.207. The van der Waals surface area contributed by atoms with Gasteiger partial charge in [-0.2, -0.15) is 0 Å². The van der Waals surface area contributed by atoms with Crippen molar-refractivity contribution in [3.05, 3.63) is 30.1 Å². The predicted octanol–water partition coefficient (Wildman–Crippen LogP) is -0.361. The molecule has 2 heterocycles. The number of pyridine rings is 1. The van der Waals surface area contributed by atoms with Crippen molar-refractivity contribution in [3.63, 3.8) is 0 Å². The minimum absolute atomic E-state index is 0.0873. The molecule has 0 bridgehead atoms. The van der Waals surface area contributed by atoms with E-state index in [2.05, 4.69) is 9.88 Å². The zero-order chi connectivity index (χ0) is 12.3. The fourth-order valence-electron chi connectivity index (χ4n) is 2.05. The second kappa shape index (κ2) is 5.12. The third-order valence-electron chi connectivity index (χ3n) is 3.02. The average Bonchev–Trinajstić information content (AvgIpc) is 2.32. The molecule has 5 nitrogen and oxygen atoms in total. The van der Waals surface area contributed by atoms with Crippen molar-refractivity contribution < 1.29 is 8.42 Å². The van der Waals surface area contributed by atoms with Crippen molar-refractivity contribution in [2.24, 2.45) is 5.73 Å². The number of sulfone groups is 1. The molecule has 0 aromatic carbocycles. The normalized spacial score (nSPS) is 24.6. The van der Waals surface area contributed by atoms with Gasteiger partial charge in [0.05, 0.1) is 17.2 Å². The lowest BCUT2D eigenvalue weighted by Crippen LogP contribution is -2.51.